The van der Waals surface area contributed by atoms with E-state index < -0.39 is 0 Å². The van der Waals surface area contributed by atoms with Crippen LogP contribution in [0, 0.1) is 0 Å². The Bertz CT molecular complexity index is 3230. The van der Waals surface area contributed by atoms with Gasteiger partial charge in [-0.05, 0) is 62.0 Å². The molecule has 0 radical (unpaired) electrons. The van der Waals surface area contributed by atoms with Crippen LogP contribution in [0.4, 0.5) is 0 Å². The Labute approximate surface area is 305 Å². The molecule has 9 aromatic carbocycles. The Hall–Kier alpha value is -7.17. The van der Waals surface area contributed by atoms with Gasteiger partial charge in [0.05, 0.1) is 11.0 Å². The number of nitrogens with zero attached hydrogens (tertiary/aromatic N) is 4. The van der Waals surface area contributed by atoms with Gasteiger partial charge in [0.2, 0.25) is 0 Å². The Balaban J connectivity index is 1.18. The van der Waals surface area contributed by atoms with Crippen LogP contribution in [0.25, 0.3) is 105 Å². The van der Waals surface area contributed by atoms with Gasteiger partial charge < -0.3 is 4.57 Å². The number of rotatable bonds is 4. The molecular formula is C49H30N4. The van der Waals surface area contributed by atoms with Gasteiger partial charge in [0, 0.05) is 38.5 Å². The summed E-state index contributed by atoms with van der Waals surface area (Å²) in [7, 11) is 0. The summed E-state index contributed by atoms with van der Waals surface area (Å²) in [6.45, 7) is 0. The van der Waals surface area contributed by atoms with E-state index in [0.29, 0.717) is 17.5 Å². The van der Waals surface area contributed by atoms with Gasteiger partial charge in [-0.2, -0.15) is 0 Å². The molecule has 246 valence electrons. The van der Waals surface area contributed by atoms with E-state index in [1.807, 2.05) is 18.2 Å². The van der Waals surface area contributed by atoms with Crippen molar-refractivity contribution in [1.29, 1.82) is 0 Å². The van der Waals surface area contributed by atoms with Gasteiger partial charge in [0.25, 0.3) is 0 Å². The maximum atomic E-state index is 5.30. The van der Waals surface area contributed by atoms with Crippen molar-refractivity contribution in [2.24, 2.45) is 0 Å². The highest BCUT2D eigenvalue weighted by molar-refractivity contribution is 6.21. The first-order chi connectivity index (χ1) is 26.3. The van der Waals surface area contributed by atoms with E-state index >= 15 is 0 Å². The number of benzene rings is 9. The third-order valence-electron chi connectivity index (χ3n) is 10.6. The lowest BCUT2D eigenvalue weighted by atomic mass is 9.93. The Morgan fingerprint density at radius 3 is 1.70 bits per heavy atom. The van der Waals surface area contributed by atoms with Gasteiger partial charge in [-0.3, -0.25) is 0 Å². The molecule has 0 bridgehead atoms. The first-order valence-corrected chi connectivity index (χ1v) is 18.0. The second-order valence-electron chi connectivity index (χ2n) is 13.6. The summed E-state index contributed by atoms with van der Waals surface area (Å²) < 4.78 is 2.39. The Morgan fingerprint density at radius 2 is 0.887 bits per heavy atom. The molecule has 0 aliphatic carbocycles. The van der Waals surface area contributed by atoms with Crippen LogP contribution < -0.4 is 0 Å². The molecule has 11 aromatic rings. The van der Waals surface area contributed by atoms with E-state index in [1.54, 1.807) is 0 Å². The highest BCUT2D eigenvalue weighted by Gasteiger charge is 2.19. The summed E-state index contributed by atoms with van der Waals surface area (Å²) in [6, 6.07) is 64.5. The maximum absolute atomic E-state index is 5.30. The van der Waals surface area contributed by atoms with Crippen LogP contribution in [0.15, 0.2) is 182 Å². The van der Waals surface area contributed by atoms with Crippen LogP contribution in [0.3, 0.4) is 0 Å². The van der Waals surface area contributed by atoms with Gasteiger partial charge in [-0.15, -0.1) is 0 Å². The highest BCUT2D eigenvalue weighted by atomic mass is 15.0. The van der Waals surface area contributed by atoms with Crippen LogP contribution in [0.2, 0.25) is 0 Å². The monoisotopic (exact) mass is 674 g/mol. The number of para-hydroxylation sites is 1. The van der Waals surface area contributed by atoms with Gasteiger partial charge in [0.15, 0.2) is 17.5 Å². The molecule has 0 saturated carbocycles. The normalized spacial score (nSPS) is 11.8. The van der Waals surface area contributed by atoms with Gasteiger partial charge in [-0.1, -0.05) is 158 Å². The summed E-state index contributed by atoms with van der Waals surface area (Å²) in [5, 5.41) is 12.0. The molecule has 0 aliphatic rings. The lowest BCUT2D eigenvalue weighted by Gasteiger charge is -2.14. The minimum atomic E-state index is 0.628. The molecule has 0 N–H and O–H groups in total. The average molecular weight is 675 g/mol. The summed E-state index contributed by atoms with van der Waals surface area (Å²) in [5.41, 5.74) is 6.25. The van der Waals surface area contributed by atoms with Crippen molar-refractivity contribution in [1.82, 2.24) is 19.5 Å². The van der Waals surface area contributed by atoms with Gasteiger partial charge in [0.1, 0.15) is 0 Å². The van der Waals surface area contributed by atoms with Gasteiger partial charge in [-0.25, -0.2) is 15.0 Å². The molecule has 0 spiro atoms. The maximum Gasteiger partial charge on any atom is 0.164 e. The predicted octanol–water partition coefficient (Wildman–Crippen LogP) is 12.6. The zero-order chi connectivity index (χ0) is 34.9. The SMILES string of the molecule is c1ccc(-c2nc(-c3cccc(-n4c5ccccc5c5ccc6ccccc6c54)c3)nc(-c3cc4c5ccccc5ccc4c4ccccc34)n2)cc1. The van der Waals surface area contributed by atoms with Crippen molar-refractivity contribution in [3.05, 3.63) is 182 Å². The van der Waals surface area contributed by atoms with E-state index in [0.717, 1.165) is 33.3 Å². The van der Waals surface area contributed by atoms with E-state index in [2.05, 4.69) is 168 Å². The first kappa shape index (κ1) is 29.5. The lowest BCUT2D eigenvalue weighted by Crippen LogP contribution is -2.01. The van der Waals surface area contributed by atoms with Crippen molar-refractivity contribution in [2.45, 2.75) is 0 Å². The standard InChI is InChI=1S/C49H30N4/c1-2-15-33(16-3-1)47-50-48(52-49(51-47)44-30-43-36-19-6-4-13-31(36)25-27-40(43)38-21-8-9-22-39(38)44)34-17-12-18-35(29-34)53-45-24-11-10-23-41(45)42-28-26-32-14-5-7-20-37(32)46(42)53/h1-30H. The first-order valence-electron chi connectivity index (χ1n) is 18.0. The van der Waals surface area contributed by atoms with Gasteiger partial charge >= 0.3 is 0 Å². The molecule has 2 aromatic heterocycles. The quantitative estimate of drug-likeness (QED) is 0.175. The zero-order valence-corrected chi connectivity index (χ0v) is 28.6. The summed E-state index contributed by atoms with van der Waals surface area (Å²) in [4.78, 5) is 15.7. The molecule has 4 nitrogen and oxygen atoms in total. The molecular weight excluding hydrogens is 645 g/mol. The minimum absolute atomic E-state index is 0.628. The largest absolute Gasteiger partial charge is 0.309 e. The number of hydrogen-bond acceptors (Lipinski definition) is 3. The summed E-state index contributed by atoms with van der Waals surface area (Å²) in [5.74, 6) is 1.91. The van der Waals surface area contributed by atoms with Crippen LogP contribution in [-0.4, -0.2) is 19.5 Å². The fourth-order valence-electron chi connectivity index (χ4n) is 8.17. The molecule has 4 heteroatoms. The van der Waals surface area contributed by atoms with Crippen molar-refractivity contribution in [3.8, 4) is 39.9 Å². The fraction of sp³-hybridized carbons (Fsp3) is 0. The Kier molecular flexibility index (Phi) is 6.52. The van der Waals surface area contributed by atoms with Crippen molar-refractivity contribution < 1.29 is 0 Å². The molecule has 53 heavy (non-hydrogen) atoms. The smallest absolute Gasteiger partial charge is 0.164 e. The highest BCUT2D eigenvalue weighted by Crippen LogP contribution is 2.39. The van der Waals surface area contributed by atoms with Crippen LogP contribution in [0.1, 0.15) is 0 Å². The van der Waals surface area contributed by atoms with Crippen LogP contribution in [-0.2, 0) is 0 Å². The fourth-order valence-corrected chi connectivity index (χ4v) is 8.17. The van der Waals surface area contributed by atoms with E-state index in [1.165, 1.54) is 54.0 Å². The third kappa shape index (κ3) is 4.66. The molecule has 11 rings (SSSR count). The molecule has 2 heterocycles. The van der Waals surface area contributed by atoms with E-state index in [4.69, 9.17) is 15.0 Å². The Morgan fingerprint density at radius 1 is 0.321 bits per heavy atom. The van der Waals surface area contributed by atoms with Crippen molar-refractivity contribution in [3.63, 3.8) is 0 Å². The van der Waals surface area contributed by atoms with Crippen molar-refractivity contribution in [2.75, 3.05) is 0 Å². The topological polar surface area (TPSA) is 43.6 Å². The molecule has 0 saturated heterocycles. The van der Waals surface area contributed by atoms with Crippen LogP contribution >= 0.6 is 0 Å². The minimum Gasteiger partial charge on any atom is -0.309 e. The molecule has 0 atom stereocenters. The summed E-state index contributed by atoms with van der Waals surface area (Å²) >= 11 is 0. The second-order valence-corrected chi connectivity index (χ2v) is 13.6. The van der Waals surface area contributed by atoms with Crippen molar-refractivity contribution >= 4 is 64.9 Å². The molecule has 0 aliphatic heterocycles. The average Bonchev–Trinajstić information content (AvgIpc) is 3.58. The predicted molar refractivity (Wildman–Crippen MR) is 220 cm³/mol. The lowest BCUT2D eigenvalue weighted by molar-refractivity contribution is 1.07. The number of hydrogen-bond donors (Lipinski definition) is 0. The third-order valence-corrected chi connectivity index (χ3v) is 10.6. The number of fused-ring (bicyclic) bond motifs is 10. The molecule has 0 amide bonds. The summed E-state index contributed by atoms with van der Waals surface area (Å²) in [6.07, 6.45) is 0. The number of aromatic nitrogens is 4. The second kappa shape index (κ2) is 11.7. The van der Waals surface area contributed by atoms with E-state index in [9.17, 15) is 0 Å². The molecule has 0 unspecified atom stereocenters. The molecule has 0 fully saturated rings. The van der Waals surface area contributed by atoms with E-state index in [-0.39, 0.29) is 0 Å². The van der Waals surface area contributed by atoms with Crippen LogP contribution in [0.5, 0.6) is 0 Å². The zero-order valence-electron chi connectivity index (χ0n) is 28.6.